The van der Waals surface area contributed by atoms with E-state index in [-0.39, 0.29) is 5.69 Å². The summed E-state index contributed by atoms with van der Waals surface area (Å²) >= 11 is 0. The summed E-state index contributed by atoms with van der Waals surface area (Å²) in [4.78, 5) is 12.4. The van der Waals surface area contributed by atoms with Crippen LogP contribution in [0.1, 0.15) is 17.0 Å². The van der Waals surface area contributed by atoms with Gasteiger partial charge >= 0.3 is 5.69 Å². The van der Waals surface area contributed by atoms with E-state index >= 15 is 0 Å². The largest absolute Gasteiger partial charge is 0.328 e. The van der Waals surface area contributed by atoms with E-state index in [9.17, 15) is 4.79 Å². The molecule has 1 aromatic heterocycles. The molecule has 0 radical (unpaired) electrons. The third kappa shape index (κ3) is 1.49. The molecule has 0 saturated heterocycles. The molecule has 0 aliphatic heterocycles. The fraction of sp³-hybridized carbons (Fsp3) is 0.235. The predicted octanol–water partition coefficient (Wildman–Crippen LogP) is 2.68. The van der Waals surface area contributed by atoms with Crippen molar-refractivity contribution in [1.82, 2.24) is 9.13 Å². The highest BCUT2D eigenvalue weighted by molar-refractivity contribution is 5.75. The van der Waals surface area contributed by atoms with Gasteiger partial charge in [-0.25, -0.2) is 4.79 Å². The maximum atomic E-state index is 12.4. The second-order valence-corrected chi connectivity index (χ2v) is 5.54. The SMILES string of the molecule is Cn1c(=O)n(CC2Cc3ccccc32)c2ccccc21. The van der Waals surface area contributed by atoms with Crippen LogP contribution in [0.2, 0.25) is 0 Å². The van der Waals surface area contributed by atoms with Crippen LogP contribution >= 0.6 is 0 Å². The minimum atomic E-state index is 0.0792. The van der Waals surface area contributed by atoms with Gasteiger partial charge in [-0.2, -0.15) is 0 Å². The van der Waals surface area contributed by atoms with Crippen molar-refractivity contribution in [2.75, 3.05) is 0 Å². The zero-order valence-electron chi connectivity index (χ0n) is 11.4. The van der Waals surface area contributed by atoms with Gasteiger partial charge in [0.2, 0.25) is 0 Å². The molecule has 0 amide bonds. The van der Waals surface area contributed by atoms with E-state index in [0.717, 1.165) is 24.0 Å². The third-order valence-corrected chi connectivity index (χ3v) is 4.42. The Morgan fingerprint density at radius 2 is 1.75 bits per heavy atom. The fourth-order valence-electron chi connectivity index (χ4n) is 3.29. The summed E-state index contributed by atoms with van der Waals surface area (Å²) in [5.41, 5.74) is 4.93. The summed E-state index contributed by atoms with van der Waals surface area (Å²) in [5, 5.41) is 0. The van der Waals surface area contributed by atoms with Crippen molar-refractivity contribution in [2.45, 2.75) is 18.9 Å². The van der Waals surface area contributed by atoms with Gasteiger partial charge in [-0.3, -0.25) is 9.13 Å². The Morgan fingerprint density at radius 3 is 2.55 bits per heavy atom. The molecular weight excluding hydrogens is 248 g/mol. The molecule has 100 valence electrons. The number of hydrogen-bond donors (Lipinski definition) is 0. The van der Waals surface area contributed by atoms with Crippen molar-refractivity contribution in [3.8, 4) is 0 Å². The van der Waals surface area contributed by atoms with Gasteiger partial charge in [0.05, 0.1) is 11.0 Å². The molecule has 1 unspecified atom stereocenters. The van der Waals surface area contributed by atoms with E-state index in [1.807, 2.05) is 35.9 Å². The number of nitrogens with zero attached hydrogens (tertiary/aromatic N) is 2. The van der Waals surface area contributed by atoms with Crippen molar-refractivity contribution >= 4 is 11.0 Å². The summed E-state index contributed by atoms with van der Waals surface area (Å²) in [6, 6.07) is 16.5. The van der Waals surface area contributed by atoms with Crippen molar-refractivity contribution in [1.29, 1.82) is 0 Å². The average Bonchev–Trinajstić information content (AvgIpc) is 2.70. The van der Waals surface area contributed by atoms with Crippen molar-refractivity contribution in [3.05, 3.63) is 70.1 Å². The normalized spacial score (nSPS) is 16.9. The quantitative estimate of drug-likeness (QED) is 0.699. The molecule has 20 heavy (non-hydrogen) atoms. The fourth-order valence-corrected chi connectivity index (χ4v) is 3.29. The highest BCUT2D eigenvalue weighted by Gasteiger charge is 2.27. The Morgan fingerprint density at radius 1 is 1.05 bits per heavy atom. The van der Waals surface area contributed by atoms with Crippen LogP contribution < -0.4 is 5.69 Å². The average molecular weight is 264 g/mol. The molecule has 1 aliphatic carbocycles. The summed E-state index contributed by atoms with van der Waals surface area (Å²) < 4.78 is 3.65. The summed E-state index contributed by atoms with van der Waals surface area (Å²) in [6.07, 6.45) is 1.08. The molecule has 0 bridgehead atoms. The first kappa shape index (κ1) is 11.5. The van der Waals surface area contributed by atoms with Crippen LogP contribution in [0.5, 0.6) is 0 Å². The molecule has 3 heteroatoms. The molecule has 2 aromatic carbocycles. The van der Waals surface area contributed by atoms with Crippen LogP contribution in [-0.2, 0) is 20.0 Å². The molecule has 3 nitrogen and oxygen atoms in total. The number of fused-ring (bicyclic) bond motifs is 2. The van der Waals surface area contributed by atoms with Crippen molar-refractivity contribution in [2.24, 2.45) is 7.05 Å². The number of para-hydroxylation sites is 2. The van der Waals surface area contributed by atoms with Gasteiger partial charge in [-0.1, -0.05) is 36.4 Å². The van der Waals surface area contributed by atoms with E-state index in [4.69, 9.17) is 0 Å². The van der Waals surface area contributed by atoms with Crippen LogP contribution in [0.4, 0.5) is 0 Å². The first-order chi connectivity index (χ1) is 9.75. The maximum Gasteiger partial charge on any atom is 0.328 e. The summed E-state index contributed by atoms with van der Waals surface area (Å²) in [5.74, 6) is 0.467. The number of aromatic nitrogens is 2. The lowest BCUT2D eigenvalue weighted by molar-refractivity contribution is 0.503. The lowest BCUT2D eigenvalue weighted by Crippen LogP contribution is -2.29. The van der Waals surface area contributed by atoms with Crippen molar-refractivity contribution in [3.63, 3.8) is 0 Å². The van der Waals surface area contributed by atoms with E-state index in [1.165, 1.54) is 11.1 Å². The Labute approximate surface area is 117 Å². The minimum Gasteiger partial charge on any atom is -0.295 e. The highest BCUT2D eigenvalue weighted by Crippen LogP contribution is 2.36. The lowest BCUT2D eigenvalue weighted by atomic mass is 9.77. The van der Waals surface area contributed by atoms with Crippen LogP contribution in [0.15, 0.2) is 53.3 Å². The van der Waals surface area contributed by atoms with Gasteiger partial charge in [-0.15, -0.1) is 0 Å². The number of hydrogen-bond acceptors (Lipinski definition) is 1. The summed E-state index contributed by atoms with van der Waals surface area (Å²) in [6.45, 7) is 0.775. The van der Waals surface area contributed by atoms with Gasteiger partial charge in [-0.05, 0) is 29.7 Å². The summed E-state index contributed by atoms with van der Waals surface area (Å²) in [7, 11) is 1.84. The predicted molar refractivity (Wildman–Crippen MR) is 80.1 cm³/mol. The van der Waals surface area contributed by atoms with E-state index < -0.39 is 0 Å². The van der Waals surface area contributed by atoms with Crippen molar-refractivity contribution < 1.29 is 0 Å². The van der Waals surface area contributed by atoms with Gasteiger partial charge in [0.1, 0.15) is 0 Å². The Hall–Kier alpha value is -2.29. The first-order valence-corrected chi connectivity index (χ1v) is 6.98. The third-order valence-electron chi connectivity index (χ3n) is 4.42. The molecule has 1 aliphatic rings. The molecule has 0 N–H and O–H groups in total. The van der Waals surface area contributed by atoms with Gasteiger partial charge in [0.25, 0.3) is 0 Å². The smallest absolute Gasteiger partial charge is 0.295 e. The Bertz CT molecular complexity index is 857. The molecule has 4 rings (SSSR count). The first-order valence-electron chi connectivity index (χ1n) is 6.98. The van der Waals surface area contributed by atoms with Crippen LogP contribution in [0.3, 0.4) is 0 Å². The molecule has 1 heterocycles. The number of rotatable bonds is 2. The zero-order chi connectivity index (χ0) is 13.7. The van der Waals surface area contributed by atoms with Crippen LogP contribution in [0, 0.1) is 0 Å². The maximum absolute atomic E-state index is 12.4. The molecule has 1 atom stereocenters. The number of aryl methyl sites for hydroxylation is 1. The monoisotopic (exact) mass is 264 g/mol. The van der Waals surface area contributed by atoms with Gasteiger partial charge < -0.3 is 0 Å². The van der Waals surface area contributed by atoms with Crippen LogP contribution in [-0.4, -0.2) is 9.13 Å². The van der Waals surface area contributed by atoms with E-state index in [2.05, 4.69) is 24.3 Å². The van der Waals surface area contributed by atoms with Gasteiger partial charge in [0.15, 0.2) is 0 Å². The molecule has 0 fully saturated rings. The number of benzene rings is 2. The van der Waals surface area contributed by atoms with E-state index in [1.54, 1.807) is 4.57 Å². The Kier molecular flexibility index (Phi) is 2.36. The topological polar surface area (TPSA) is 26.9 Å². The Balaban J connectivity index is 1.78. The second kappa shape index (κ2) is 4.10. The number of imidazole rings is 1. The molecule has 0 spiro atoms. The second-order valence-electron chi connectivity index (χ2n) is 5.54. The minimum absolute atomic E-state index is 0.0792. The van der Waals surface area contributed by atoms with E-state index in [0.29, 0.717) is 5.92 Å². The standard InChI is InChI=1S/C17H16N2O/c1-18-15-8-4-5-9-16(15)19(17(18)20)11-13-10-12-6-2-3-7-14(12)13/h2-9,13H,10-11H2,1H3. The molecule has 3 aromatic rings. The molecular formula is C17H16N2O. The molecule has 0 saturated carbocycles. The highest BCUT2D eigenvalue weighted by atomic mass is 16.1. The lowest BCUT2D eigenvalue weighted by Gasteiger charge is -2.30. The van der Waals surface area contributed by atoms with Gasteiger partial charge in [0, 0.05) is 19.5 Å². The zero-order valence-corrected chi connectivity index (χ0v) is 11.4. The van der Waals surface area contributed by atoms with Crippen LogP contribution in [0.25, 0.3) is 11.0 Å².